The zero-order valence-corrected chi connectivity index (χ0v) is 14.9. The molecule has 0 spiro atoms. The molecule has 0 aliphatic rings. The van der Waals surface area contributed by atoms with Gasteiger partial charge < -0.3 is 9.47 Å². The third-order valence-electron chi connectivity index (χ3n) is 3.41. The molecule has 0 heterocycles. The van der Waals surface area contributed by atoms with Crippen molar-refractivity contribution in [2.24, 2.45) is 0 Å². The van der Waals surface area contributed by atoms with Gasteiger partial charge in [-0.1, -0.05) is 30.3 Å². The standard InChI is InChI=1S/C18H20N2O4S/c1-18(13-19,14-24-17-10-8-16(23-2)9-11-17)20-25(21,22)12-15-6-4-3-5-7-15/h3-11,20H,12,14H2,1-2H3. The lowest BCUT2D eigenvalue weighted by Crippen LogP contribution is -2.49. The molecule has 132 valence electrons. The molecule has 2 rings (SSSR count). The molecule has 0 aliphatic carbocycles. The fourth-order valence-corrected chi connectivity index (χ4v) is 3.65. The highest BCUT2D eigenvalue weighted by Gasteiger charge is 2.31. The maximum Gasteiger partial charge on any atom is 0.217 e. The Kier molecular flexibility index (Phi) is 6.02. The second kappa shape index (κ2) is 8.01. The second-order valence-corrected chi connectivity index (χ2v) is 7.48. The molecular weight excluding hydrogens is 340 g/mol. The topological polar surface area (TPSA) is 88.4 Å². The van der Waals surface area contributed by atoms with Crippen molar-refractivity contribution in [2.45, 2.75) is 18.2 Å². The van der Waals surface area contributed by atoms with Gasteiger partial charge in [0, 0.05) is 0 Å². The van der Waals surface area contributed by atoms with Gasteiger partial charge >= 0.3 is 0 Å². The van der Waals surface area contributed by atoms with Gasteiger partial charge in [0.05, 0.1) is 18.9 Å². The Morgan fingerprint density at radius 2 is 1.68 bits per heavy atom. The maximum absolute atomic E-state index is 12.3. The Balaban J connectivity index is 2.02. The molecule has 0 saturated heterocycles. The third kappa shape index (κ3) is 5.78. The van der Waals surface area contributed by atoms with Crippen molar-refractivity contribution in [1.29, 1.82) is 5.26 Å². The molecule has 0 aliphatic heterocycles. The van der Waals surface area contributed by atoms with Gasteiger partial charge in [-0.25, -0.2) is 8.42 Å². The lowest BCUT2D eigenvalue weighted by molar-refractivity contribution is 0.252. The number of nitrogens with one attached hydrogen (secondary N) is 1. The van der Waals surface area contributed by atoms with E-state index in [1.165, 1.54) is 6.92 Å². The first kappa shape index (κ1) is 18.8. The molecular formula is C18H20N2O4S. The fourth-order valence-electron chi connectivity index (χ4n) is 2.16. The van der Waals surface area contributed by atoms with E-state index in [0.717, 1.165) is 0 Å². The van der Waals surface area contributed by atoms with Crippen LogP contribution in [0.1, 0.15) is 12.5 Å². The molecule has 25 heavy (non-hydrogen) atoms. The van der Waals surface area contributed by atoms with Gasteiger partial charge in [-0.15, -0.1) is 0 Å². The van der Waals surface area contributed by atoms with E-state index < -0.39 is 15.6 Å². The molecule has 0 aromatic heterocycles. The van der Waals surface area contributed by atoms with Crippen LogP contribution in [0.3, 0.4) is 0 Å². The number of nitriles is 1. The van der Waals surface area contributed by atoms with Gasteiger partial charge in [0.1, 0.15) is 18.1 Å². The van der Waals surface area contributed by atoms with Crippen LogP contribution in [0.15, 0.2) is 54.6 Å². The van der Waals surface area contributed by atoms with Gasteiger partial charge in [0.25, 0.3) is 0 Å². The summed E-state index contributed by atoms with van der Waals surface area (Å²) in [7, 11) is -2.13. The zero-order valence-electron chi connectivity index (χ0n) is 14.1. The van der Waals surface area contributed by atoms with E-state index in [0.29, 0.717) is 17.1 Å². The lowest BCUT2D eigenvalue weighted by atomic mass is 10.1. The quantitative estimate of drug-likeness (QED) is 0.781. The molecule has 2 aromatic rings. The number of sulfonamides is 1. The van der Waals surface area contributed by atoms with Crippen LogP contribution in [0, 0.1) is 11.3 Å². The van der Waals surface area contributed by atoms with Crippen molar-refractivity contribution < 1.29 is 17.9 Å². The summed E-state index contributed by atoms with van der Waals surface area (Å²) in [5.74, 6) is 0.997. The van der Waals surface area contributed by atoms with Crippen LogP contribution in [0.4, 0.5) is 0 Å². The highest BCUT2D eigenvalue weighted by molar-refractivity contribution is 7.88. The first-order valence-electron chi connectivity index (χ1n) is 7.59. The van der Waals surface area contributed by atoms with Crippen molar-refractivity contribution in [3.63, 3.8) is 0 Å². The van der Waals surface area contributed by atoms with Gasteiger partial charge in [-0.3, -0.25) is 0 Å². The average molecular weight is 360 g/mol. The lowest BCUT2D eigenvalue weighted by Gasteiger charge is -2.23. The molecule has 6 nitrogen and oxygen atoms in total. The van der Waals surface area contributed by atoms with Crippen LogP contribution < -0.4 is 14.2 Å². The van der Waals surface area contributed by atoms with Crippen LogP contribution in [0.5, 0.6) is 11.5 Å². The van der Waals surface area contributed by atoms with Gasteiger partial charge in [-0.05, 0) is 36.8 Å². The van der Waals surface area contributed by atoms with Gasteiger partial charge in [-0.2, -0.15) is 9.98 Å². The fraction of sp³-hybridized carbons (Fsp3) is 0.278. The number of benzene rings is 2. The number of ether oxygens (including phenoxy) is 2. The third-order valence-corrected chi connectivity index (χ3v) is 4.89. The SMILES string of the molecule is COc1ccc(OCC(C)(C#N)NS(=O)(=O)Cc2ccccc2)cc1. The minimum Gasteiger partial charge on any atom is -0.497 e. The number of hydrogen-bond donors (Lipinski definition) is 1. The summed E-state index contributed by atoms with van der Waals surface area (Å²) in [6.45, 7) is 1.36. The Labute approximate surface area is 148 Å². The summed E-state index contributed by atoms with van der Waals surface area (Å²) >= 11 is 0. The van der Waals surface area contributed by atoms with E-state index >= 15 is 0 Å². The highest BCUT2D eigenvalue weighted by Crippen LogP contribution is 2.19. The normalized spacial score (nSPS) is 13.5. The summed E-state index contributed by atoms with van der Waals surface area (Å²) in [5, 5.41) is 9.40. The summed E-state index contributed by atoms with van der Waals surface area (Å²) in [4.78, 5) is 0. The van der Waals surface area contributed by atoms with E-state index in [1.54, 1.807) is 55.6 Å². The average Bonchev–Trinajstić information content (AvgIpc) is 2.60. The maximum atomic E-state index is 12.3. The summed E-state index contributed by atoms with van der Waals surface area (Å²) in [6.07, 6.45) is 0. The monoisotopic (exact) mass is 360 g/mol. The van der Waals surface area contributed by atoms with E-state index in [-0.39, 0.29) is 12.4 Å². The Morgan fingerprint density at radius 3 is 2.24 bits per heavy atom. The van der Waals surface area contributed by atoms with Crippen LogP contribution in [-0.2, 0) is 15.8 Å². The van der Waals surface area contributed by atoms with Crippen LogP contribution in [0.25, 0.3) is 0 Å². The molecule has 0 fully saturated rings. The van der Waals surface area contributed by atoms with Crippen LogP contribution >= 0.6 is 0 Å². The van der Waals surface area contributed by atoms with E-state index in [1.807, 2.05) is 12.1 Å². The molecule has 1 atom stereocenters. The largest absolute Gasteiger partial charge is 0.497 e. The van der Waals surface area contributed by atoms with E-state index in [2.05, 4.69) is 4.72 Å². The van der Waals surface area contributed by atoms with Crippen molar-refractivity contribution in [3.05, 3.63) is 60.2 Å². The Morgan fingerprint density at radius 1 is 1.08 bits per heavy atom. The van der Waals surface area contributed by atoms with Crippen LogP contribution in [-0.4, -0.2) is 27.7 Å². The number of nitrogens with zero attached hydrogens (tertiary/aromatic N) is 1. The molecule has 1 N–H and O–H groups in total. The minimum absolute atomic E-state index is 0.121. The molecule has 7 heteroatoms. The number of rotatable bonds is 8. The number of methoxy groups -OCH3 is 1. The molecule has 2 aromatic carbocycles. The van der Waals surface area contributed by atoms with Crippen LogP contribution in [0.2, 0.25) is 0 Å². The van der Waals surface area contributed by atoms with Crippen molar-refractivity contribution in [1.82, 2.24) is 4.72 Å². The summed E-state index contributed by atoms with van der Waals surface area (Å²) in [5.41, 5.74) is -0.737. The van der Waals surface area contributed by atoms with Gasteiger partial charge in [0.15, 0.2) is 5.54 Å². The van der Waals surface area contributed by atoms with E-state index in [9.17, 15) is 13.7 Å². The Hall–Kier alpha value is -2.56. The van der Waals surface area contributed by atoms with Crippen molar-refractivity contribution in [3.8, 4) is 17.6 Å². The predicted octanol–water partition coefficient (Wildman–Crippen LogP) is 2.48. The molecule has 0 saturated carbocycles. The first-order valence-corrected chi connectivity index (χ1v) is 9.25. The van der Waals surface area contributed by atoms with Gasteiger partial charge in [0.2, 0.25) is 10.0 Å². The zero-order chi connectivity index (χ0) is 18.3. The smallest absolute Gasteiger partial charge is 0.217 e. The van der Waals surface area contributed by atoms with Crippen molar-refractivity contribution >= 4 is 10.0 Å². The molecule has 0 radical (unpaired) electrons. The highest BCUT2D eigenvalue weighted by atomic mass is 32.2. The Bertz CT molecular complexity index is 830. The first-order chi connectivity index (χ1) is 11.9. The summed E-state index contributed by atoms with van der Waals surface area (Å²) < 4.78 is 37.7. The molecule has 0 amide bonds. The predicted molar refractivity (Wildman–Crippen MR) is 94.7 cm³/mol. The number of hydrogen-bond acceptors (Lipinski definition) is 5. The van der Waals surface area contributed by atoms with E-state index in [4.69, 9.17) is 9.47 Å². The van der Waals surface area contributed by atoms with Crippen molar-refractivity contribution in [2.75, 3.05) is 13.7 Å². The second-order valence-electron chi connectivity index (χ2n) is 5.75. The minimum atomic E-state index is -3.69. The molecule has 0 bridgehead atoms. The molecule has 1 unspecified atom stereocenters. The summed E-state index contributed by atoms with van der Waals surface area (Å²) in [6, 6.07) is 17.6.